The van der Waals surface area contributed by atoms with Crippen LogP contribution in [0.4, 0.5) is 0 Å². The Morgan fingerprint density at radius 2 is 1.79 bits per heavy atom. The summed E-state index contributed by atoms with van der Waals surface area (Å²) >= 11 is 0. The standard InChI is InChI=1S/C22H36O2/c1-17(9-7-10-18(2)14-16-24-20(4)23)12-13-21-19(3)11-8-15-22(21,5)6/h9,14H,7-8,10-13,15-16H2,1-6H3/b17-9+,18-14+. The number of carbonyl (C=O) groups excluding carboxylic acids is 1. The van der Waals surface area contributed by atoms with E-state index in [1.165, 1.54) is 50.2 Å². The van der Waals surface area contributed by atoms with E-state index in [0.717, 1.165) is 12.8 Å². The predicted octanol–water partition coefficient (Wildman–Crippen LogP) is 6.53. The summed E-state index contributed by atoms with van der Waals surface area (Å²) in [4.78, 5) is 10.7. The topological polar surface area (TPSA) is 26.3 Å². The van der Waals surface area contributed by atoms with Crippen molar-refractivity contribution < 1.29 is 9.53 Å². The van der Waals surface area contributed by atoms with Gasteiger partial charge >= 0.3 is 5.97 Å². The van der Waals surface area contributed by atoms with Crippen molar-refractivity contribution >= 4 is 5.97 Å². The van der Waals surface area contributed by atoms with Crippen LogP contribution in [0.2, 0.25) is 0 Å². The average Bonchev–Trinajstić information content (AvgIpc) is 2.45. The van der Waals surface area contributed by atoms with Crippen LogP contribution in [-0.2, 0) is 9.53 Å². The first-order valence-corrected chi connectivity index (χ1v) is 9.36. The fourth-order valence-electron chi connectivity index (χ4n) is 3.60. The third-order valence-electron chi connectivity index (χ3n) is 5.20. The summed E-state index contributed by atoms with van der Waals surface area (Å²) in [6, 6.07) is 0. The van der Waals surface area contributed by atoms with E-state index in [2.05, 4.69) is 40.7 Å². The minimum atomic E-state index is -0.218. The number of esters is 1. The SMILES string of the molecule is CC(=O)OC/C=C(\C)CC/C=C(\C)CCC1=C(C)CCCC1(C)C. The molecule has 0 radical (unpaired) electrons. The molecule has 1 aliphatic rings. The molecule has 0 N–H and O–H groups in total. The highest BCUT2D eigenvalue weighted by atomic mass is 16.5. The Hall–Kier alpha value is -1.31. The number of hydrogen-bond acceptors (Lipinski definition) is 2. The largest absolute Gasteiger partial charge is 0.462 e. The van der Waals surface area contributed by atoms with Gasteiger partial charge in [0.1, 0.15) is 6.61 Å². The van der Waals surface area contributed by atoms with Crippen LogP contribution in [0, 0.1) is 5.41 Å². The first kappa shape index (κ1) is 20.7. The van der Waals surface area contributed by atoms with Gasteiger partial charge in [-0.05, 0) is 77.2 Å². The van der Waals surface area contributed by atoms with Crippen LogP contribution in [0.3, 0.4) is 0 Å². The van der Waals surface area contributed by atoms with E-state index in [1.807, 2.05) is 6.08 Å². The Bertz CT molecular complexity index is 518. The van der Waals surface area contributed by atoms with Crippen molar-refractivity contribution in [3.8, 4) is 0 Å². The molecule has 24 heavy (non-hydrogen) atoms. The Morgan fingerprint density at radius 1 is 1.12 bits per heavy atom. The second-order valence-electron chi connectivity index (χ2n) is 7.94. The van der Waals surface area contributed by atoms with Gasteiger partial charge in [-0.25, -0.2) is 0 Å². The van der Waals surface area contributed by atoms with Crippen LogP contribution < -0.4 is 0 Å². The molecule has 0 aliphatic heterocycles. The predicted molar refractivity (Wildman–Crippen MR) is 103 cm³/mol. The molecule has 0 heterocycles. The zero-order valence-electron chi connectivity index (χ0n) is 16.6. The monoisotopic (exact) mass is 332 g/mol. The van der Waals surface area contributed by atoms with Crippen LogP contribution in [0.1, 0.15) is 86.5 Å². The molecule has 0 fully saturated rings. The summed E-state index contributed by atoms with van der Waals surface area (Å²) in [6.45, 7) is 13.3. The summed E-state index contributed by atoms with van der Waals surface area (Å²) in [6.07, 6.45) is 12.8. The van der Waals surface area contributed by atoms with E-state index in [4.69, 9.17) is 4.74 Å². The van der Waals surface area contributed by atoms with Gasteiger partial charge in [0.25, 0.3) is 0 Å². The van der Waals surface area contributed by atoms with Crippen LogP contribution in [0.25, 0.3) is 0 Å². The van der Waals surface area contributed by atoms with Crippen LogP contribution in [0.15, 0.2) is 34.4 Å². The molecule has 0 aromatic carbocycles. The maximum atomic E-state index is 10.7. The summed E-state index contributed by atoms with van der Waals surface area (Å²) in [7, 11) is 0. The Morgan fingerprint density at radius 3 is 2.42 bits per heavy atom. The fraction of sp³-hybridized carbons (Fsp3) is 0.682. The molecule has 1 rings (SSSR count). The second-order valence-corrected chi connectivity index (χ2v) is 7.94. The number of rotatable bonds is 8. The summed E-state index contributed by atoms with van der Waals surface area (Å²) in [5.74, 6) is -0.218. The maximum Gasteiger partial charge on any atom is 0.302 e. The second kappa shape index (κ2) is 9.86. The van der Waals surface area contributed by atoms with Crippen molar-refractivity contribution in [3.05, 3.63) is 34.4 Å². The van der Waals surface area contributed by atoms with Gasteiger partial charge in [0, 0.05) is 6.92 Å². The zero-order chi connectivity index (χ0) is 18.2. The summed E-state index contributed by atoms with van der Waals surface area (Å²) in [5.41, 5.74) is 6.48. The highest BCUT2D eigenvalue weighted by Crippen LogP contribution is 2.42. The van der Waals surface area contributed by atoms with Crippen molar-refractivity contribution in [1.82, 2.24) is 0 Å². The molecule has 0 unspecified atom stereocenters. The van der Waals surface area contributed by atoms with Gasteiger partial charge in [0.15, 0.2) is 0 Å². The van der Waals surface area contributed by atoms with Crippen molar-refractivity contribution in [2.24, 2.45) is 5.41 Å². The quantitative estimate of drug-likeness (QED) is 0.373. The van der Waals surface area contributed by atoms with Gasteiger partial charge < -0.3 is 4.74 Å². The zero-order valence-corrected chi connectivity index (χ0v) is 16.6. The number of carbonyl (C=O) groups is 1. The van der Waals surface area contributed by atoms with E-state index in [1.54, 1.807) is 11.1 Å². The smallest absolute Gasteiger partial charge is 0.302 e. The first-order chi connectivity index (χ1) is 11.2. The van der Waals surface area contributed by atoms with Crippen molar-refractivity contribution in [2.75, 3.05) is 6.61 Å². The third kappa shape index (κ3) is 7.51. The van der Waals surface area contributed by atoms with Gasteiger partial charge in [0.05, 0.1) is 0 Å². The van der Waals surface area contributed by atoms with Crippen molar-refractivity contribution in [2.45, 2.75) is 86.5 Å². The highest BCUT2D eigenvalue weighted by Gasteiger charge is 2.27. The normalized spacial score (nSPS) is 18.8. The molecule has 2 nitrogen and oxygen atoms in total. The van der Waals surface area contributed by atoms with Gasteiger partial charge in [-0.1, -0.05) is 42.2 Å². The molecular weight excluding hydrogens is 296 g/mol. The molecule has 0 amide bonds. The molecule has 1 aliphatic carbocycles. The lowest BCUT2D eigenvalue weighted by atomic mass is 9.71. The maximum absolute atomic E-state index is 10.7. The molecule has 0 saturated carbocycles. The molecule has 0 aromatic rings. The Balaban J connectivity index is 2.41. The molecule has 0 saturated heterocycles. The van der Waals surface area contributed by atoms with E-state index in [-0.39, 0.29) is 5.97 Å². The number of ether oxygens (including phenoxy) is 1. The number of allylic oxidation sites excluding steroid dienone is 5. The molecule has 2 heteroatoms. The lowest BCUT2D eigenvalue weighted by Gasteiger charge is -2.35. The van der Waals surface area contributed by atoms with Crippen LogP contribution in [0.5, 0.6) is 0 Å². The molecular formula is C22H36O2. The van der Waals surface area contributed by atoms with Crippen LogP contribution >= 0.6 is 0 Å². The summed E-state index contributed by atoms with van der Waals surface area (Å²) in [5, 5.41) is 0. The van der Waals surface area contributed by atoms with Gasteiger partial charge in [-0.2, -0.15) is 0 Å². The van der Waals surface area contributed by atoms with Gasteiger partial charge in [0.2, 0.25) is 0 Å². The Labute approximate surface area is 149 Å². The lowest BCUT2D eigenvalue weighted by molar-refractivity contribution is -0.139. The molecule has 136 valence electrons. The Kier molecular flexibility index (Phi) is 8.52. The van der Waals surface area contributed by atoms with E-state index >= 15 is 0 Å². The fourth-order valence-corrected chi connectivity index (χ4v) is 3.60. The van der Waals surface area contributed by atoms with Crippen molar-refractivity contribution in [1.29, 1.82) is 0 Å². The van der Waals surface area contributed by atoms with E-state index in [0.29, 0.717) is 12.0 Å². The van der Waals surface area contributed by atoms with E-state index < -0.39 is 0 Å². The molecule has 0 bridgehead atoms. The summed E-state index contributed by atoms with van der Waals surface area (Å²) < 4.78 is 4.94. The average molecular weight is 333 g/mol. The molecule has 0 spiro atoms. The lowest BCUT2D eigenvalue weighted by Crippen LogP contribution is -2.20. The van der Waals surface area contributed by atoms with Crippen LogP contribution in [-0.4, -0.2) is 12.6 Å². The van der Waals surface area contributed by atoms with Gasteiger partial charge in [-0.15, -0.1) is 0 Å². The van der Waals surface area contributed by atoms with Gasteiger partial charge in [-0.3, -0.25) is 4.79 Å². The molecule has 0 aromatic heterocycles. The third-order valence-corrected chi connectivity index (χ3v) is 5.20. The number of hydrogen-bond donors (Lipinski definition) is 0. The first-order valence-electron chi connectivity index (χ1n) is 9.36. The highest BCUT2D eigenvalue weighted by molar-refractivity contribution is 5.66. The molecule has 0 atom stereocenters. The minimum Gasteiger partial charge on any atom is -0.462 e. The van der Waals surface area contributed by atoms with E-state index in [9.17, 15) is 4.79 Å². The minimum absolute atomic E-state index is 0.218. The van der Waals surface area contributed by atoms with Crippen molar-refractivity contribution in [3.63, 3.8) is 0 Å².